The fraction of sp³-hybridized carbons (Fsp3) is 0.312. The number of benzene rings is 2. The van der Waals surface area contributed by atoms with E-state index in [4.69, 9.17) is 5.11 Å². The molecule has 2 aromatic rings. The van der Waals surface area contributed by atoms with Gasteiger partial charge in [0.1, 0.15) is 0 Å². The number of carbonyl (C=O) groups is 1. The SMILES string of the molecule is CC(C)(CCO)Nc1ccc(C(=O)O)c2ccccc12. The van der Waals surface area contributed by atoms with Crippen LogP contribution in [0.3, 0.4) is 0 Å². The minimum Gasteiger partial charge on any atom is -0.478 e. The van der Waals surface area contributed by atoms with Crippen LogP contribution < -0.4 is 5.32 Å². The van der Waals surface area contributed by atoms with Crippen LogP contribution >= 0.6 is 0 Å². The van der Waals surface area contributed by atoms with Crippen LogP contribution in [0, 0.1) is 0 Å². The molecule has 0 amide bonds. The van der Waals surface area contributed by atoms with Gasteiger partial charge in [0, 0.05) is 23.2 Å². The Morgan fingerprint density at radius 2 is 1.80 bits per heavy atom. The van der Waals surface area contributed by atoms with Crippen LogP contribution in [-0.4, -0.2) is 28.3 Å². The highest BCUT2D eigenvalue weighted by Crippen LogP contribution is 2.29. The number of rotatable bonds is 5. The molecule has 0 aliphatic heterocycles. The molecule has 0 fully saturated rings. The van der Waals surface area contributed by atoms with Crippen molar-refractivity contribution in [2.75, 3.05) is 11.9 Å². The van der Waals surface area contributed by atoms with Crippen molar-refractivity contribution in [2.24, 2.45) is 0 Å². The molecule has 106 valence electrons. The van der Waals surface area contributed by atoms with Gasteiger partial charge in [-0.15, -0.1) is 0 Å². The molecule has 0 atom stereocenters. The van der Waals surface area contributed by atoms with Gasteiger partial charge in [0.25, 0.3) is 0 Å². The van der Waals surface area contributed by atoms with Gasteiger partial charge in [0.2, 0.25) is 0 Å². The van der Waals surface area contributed by atoms with Crippen LogP contribution in [0.4, 0.5) is 5.69 Å². The van der Waals surface area contributed by atoms with Crippen molar-refractivity contribution in [3.8, 4) is 0 Å². The molecule has 0 heterocycles. The van der Waals surface area contributed by atoms with Gasteiger partial charge in [-0.3, -0.25) is 0 Å². The molecular formula is C16H19NO3. The third-order valence-corrected chi connectivity index (χ3v) is 3.36. The molecule has 4 nitrogen and oxygen atoms in total. The van der Waals surface area contributed by atoms with Gasteiger partial charge < -0.3 is 15.5 Å². The first kappa shape index (κ1) is 14.3. The van der Waals surface area contributed by atoms with Crippen LogP contribution in [0.5, 0.6) is 0 Å². The van der Waals surface area contributed by atoms with E-state index in [0.717, 1.165) is 11.1 Å². The number of aliphatic hydroxyl groups excluding tert-OH is 1. The smallest absolute Gasteiger partial charge is 0.336 e. The Bertz CT molecular complexity index is 635. The Kier molecular flexibility index (Phi) is 3.95. The Hall–Kier alpha value is -2.07. The molecule has 0 saturated carbocycles. The topological polar surface area (TPSA) is 69.6 Å². The summed E-state index contributed by atoms with van der Waals surface area (Å²) in [6, 6.07) is 10.8. The Balaban J connectivity index is 2.51. The summed E-state index contributed by atoms with van der Waals surface area (Å²) in [5, 5.41) is 23.3. The molecule has 0 bridgehead atoms. The van der Waals surface area contributed by atoms with Gasteiger partial charge in [-0.25, -0.2) is 4.79 Å². The molecule has 20 heavy (non-hydrogen) atoms. The maximum absolute atomic E-state index is 11.3. The molecule has 0 aliphatic carbocycles. The number of carboxylic acids is 1. The minimum absolute atomic E-state index is 0.102. The number of anilines is 1. The van der Waals surface area contributed by atoms with Crippen molar-refractivity contribution >= 4 is 22.4 Å². The molecular weight excluding hydrogens is 254 g/mol. The van der Waals surface area contributed by atoms with E-state index < -0.39 is 5.97 Å². The van der Waals surface area contributed by atoms with Crippen LogP contribution in [0.2, 0.25) is 0 Å². The number of hydrogen-bond acceptors (Lipinski definition) is 3. The number of hydrogen-bond donors (Lipinski definition) is 3. The van der Waals surface area contributed by atoms with E-state index in [0.29, 0.717) is 17.4 Å². The first-order valence-electron chi connectivity index (χ1n) is 6.59. The van der Waals surface area contributed by atoms with E-state index in [1.54, 1.807) is 12.1 Å². The molecule has 2 aromatic carbocycles. The van der Waals surface area contributed by atoms with Crippen LogP contribution in [0.15, 0.2) is 36.4 Å². The van der Waals surface area contributed by atoms with Crippen molar-refractivity contribution in [1.29, 1.82) is 0 Å². The molecule has 4 heteroatoms. The third-order valence-electron chi connectivity index (χ3n) is 3.36. The lowest BCUT2D eigenvalue weighted by Gasteiger charge is -2.27. The summed E-state index contributed by atoms with van der Waals surface area (Å²) >= 11 is 0. The summed E-state index contributed by atoms with van der Waals surface area (Å²) in [5.74, 6) is -0.928. The molecule has 0 radical (unpaired) electrons. The summed E-state index contributed by atoms with van der Waals surface area (Å²) in [7, 11) is 0. The maximum atomic E-state index is 11.3. The second kappa shape index (κ2) is 5.51. The van der Waals surface area contributed by atoms with Crippen molar-refractivity contribution < 1.29 is 15.0 Å². The lowest BCUT2D eigenvalue weighted by Crippen LogP contribution is -2.32. The molecule has 0 aliphatic rings. The predicted octanol–water partition coefficient (Wildman–Crippen LogP) is 3.11. The fourth-order valence-electron chi connectivity index (χ4n) is 2.30. The zero-order chi connectivity index (χ0) is 14.8. The van der Waals surface area contributed by atoms with Gasteiger partial charge in [-0.2, -0.15) is 0 Å². The first-order valence-corrected chi connectivity index (χ1v) is 6.59. The summed E-state index contributed by atoms with van der Waals surface area (Å²) in [6.07, 6.45) is 0.613. The van der Waals surface area contributed by atoms with E-state index in [-0.39, 0.29) is 12.1 Å². The molecule has 2 rings (SSSR count). The Morgan fingerprint density at radius 3 is 2.40 bits per heavy atom. The lowest BCUT2D eigenvalue weighted by atomic mass is 9.98. The van der Waals surface area contributed by atoms with Crippen LogP contribution in [-0.2, 0) is 0 Å². The fourth-order valence-corrected chi connectivity index (χ4v) is 2.30. The summed E-state index contributed by atoms with van der Waals surface area (Å²) in [4.78, 5) is 11.3. The normalized spacial score (nSPS) is 11.6. The highest BCUT2D eigenvalue weighted by atomic mass is 16.4. The molecule has 0 unspecified atom stereocenters. The largest absolute Gasteiger partial charge is 0.478 e. The standard InChI is InChI=1S/C16H19NO3/c1-16(2,9-10-18)17-14-8-7-13(15(19)20)11-5-3-4-6-12(11)14/h3-8,17-18H,9-10H2,1-2H3,(H,19,20). The summed E-state index contributed by atoms with van der Waals surface area (Å²) < 4.78 is 0. The molecule has 0 aromatic heterocycles. The summed E-state index contributed by atoms with van der Waals surface area (Å²) in [5.41, 5.74) is 0.914. The third kappa shape index (κ3) is 2.91. The average Bonchev–Trinajstić information content (AvgIpc) is 2.38. The van der Waals surface area contributed by atoms with Crippen LogP contribution in [0.1, 0.15) is 30.6 Å². The van der Waals surface area contributed by atoms with Gasteiger partial charge in [0.15, 0.2) is 0 Å². The van der Waals surface area contributed by atoms with Crippen molar-refractivity contribution in [3.05, 3.63) is 42.0 Å². The lowest BCUT2D eigenvalue weighted by molar-refractivity contribution is 0.0699. The zero-order valence-electron chi connectivity index (χ0n) is 11.7. The van der Waals surface area contributed by atoms with Crippen molar-refractivity contribution in [2.45, 2.75) is 25.8 Å². The number of carboxylic acid groups (broad SMARTS) is 1. The molecule has 3 N–H and O–H groups in total. The highest BCUT2D eigenvalue weighted by molar-refractivity contribution is 6.07. The number of aliphatic hydroxyl groups is 1. The van der Waals surface area contributed by atoms with Crippen LogP contribution in [0.25, 0.3) is 10.8 Å². The van der Waals surface area contributed by atoms with Gasteiger partial charge >= 0.3 is 5.97 Å². The second-order valence-electron chi connectivity index (χ2n) is 5.49. The number of aromatic carboxylic acids is 1. The monoisotopic (exact) mass is 273 g/mol. The Labute approximate surface area is 118 Å². The zero-order valence-corrected chi connectivity index (χ0v) is 11.7. The number of nitrogens with one attached hydrogen (secondary N) is 1. The second-order valence-corrected chi connectivity index (χ2v) is 5.49. The molecule has 0 saturated heterocycles. The minimum atomic E-state index is -0.928. The van der Waals surface area contributed by atoms with Gasteiger partial charge in [0.05, 0.1) is 5.56 Å². The number of fused-ring (bicyclic) bond motifs is 1. The van der Waals surface area contributed by atoms with Gasteiger partial charge in [-0.1, -0.05) is 24.3 Å². The maximum Gasteiger partial charge on any atom is 0.336 e. The van der Waals surface area contributed by atoms with E-state index in [1.165, 1.54) is 0 Å². The van der Waals surface area contributed by atoms with E-state index >= 15 is 0 Å². The van der Waals surface area contributed by atoms with Gasteiger partial charge in [-0.05, 0) is 37.8 Å². The average molecular weight is 273 g/mol. The molecule has 0 spiro atoms. The van der Waals surface area contributed by atoms with E-state index in [1.807, 2.05) is 38.1 Å². The van der Waals surface area contributed by atoms with Crippen molar-refractivity contribution in [3.63, 3.8) is 0 Å². The predicted molar refractivity (Wildman–Crippen MR) is 80.3 cm³/mol. The highest BCUT2D eigenvalue weighted by Gasteiger charge is 2.19. The quantitative estimate of drug-likeness (QED) is 0.783. The van der Waals surface area contributed by atoms with Crippen molar-refractivity contribution in [1.82, 2.24) is 0 Å². The van der Waals surface area contributed by atoms with E-state index in [2.05, 4.69) is 5.32 Å². The summed E-state index contributed by atoms with van der Waals surface area (Å²) in [6.45, 7) is 4.11. The Morgan fingerprint density at radius 1 is 1.15 bits per heavy atom. The first-order chi connectivity index (χ1) is 9.44. The van der Waals surface area contributed by atoms with E-state index in [9.17, 15) is 9.90 Å².